The Morgan fingerprint density at radius 3 is 2.72 bits per heavy atom. The van der Waals surface area contributed by atoms with Crippen LogP contribution in [0.3, 0.4) is 0 Å². The minimum atomic E-state index is -4.36. The van der Waals surface area contributed by atoms with E-state index in [9.17, 15) is 18.3 Å². The molecular formula is C13H13F3O2. The van der Waals surface area contributed by atoms with Crippen LogP contribution in [0, 0.1) is 0 Å². The Kier molecular flexibility index (Phi) is 3.61. The first-order valence-corrected chi connectivity index (χ1v) is 5.64. The van der Waals surface area contributed by atoms with Crippen molar-refractivity contribution in [3.05, 3.63) is 47.2 Å². The number of aliphatic hydroxyl groups excluding tert-OH is 1. The van der Waals surface area contributed by atoms with Gasteiger partial charge in [0.2, 0.25) is 0 Å². The number of ether oxygens (including phenoxy) is 1. The van der Waals surface area contributed by atoms with Gasteiger partial charge in [-0.15, -0.1) is 0 Å². The van der Waals surface area contributed by atoms with E-state index in [2.05, 4.69) is 0 Å². The fraction of sp³-hybridized carbons (Fsp3) is 0.385. The minimum Gasteiger partial charge on any atom is -0.495 e. The third-order valence-electron chi connectivity index (χ3n) is 2.74. The van der Waals surface area contributed by atoms with Gasteiger partial charge in [0.15, 0.2) is 0 Å². The molecule has 1 unspecified atom stereocenters. The average molecular weight is 258 g/mol. The Hall–Kier alpha value is -1.49. The number of alkyl halides is 3. The number of halogens is 3. The standard InChI is InChI=1S/C13H13F3O2/c14-13(15,16)10-4-1-3-9(7-10)8-11(17)12-5-2-6-18-12/h1,3-5,7,11,17H,2,6,8H2. The van der Waals surface area contributed by atoms with Crippen LogP contribution in [0.25, 0.3) is 0 Å². The molecule has 0 saturated carbocycles. The summed E-state index contributed by atoms with van der Waals surface area (Å²) in [5.74, 6) is 0.451. The van der Waals surface area contributed by atoms with Gasteiger partial charge < -0.3 is 9.84 Å². The summed E-state index contributed by atoms with van der Waals surface area (Å²) in [5.41, 5.74) is -0.262. The zero-order chi connectivity index (χ0) is 13.2. The maximum Gasteiger partial charge on any atom is 0.416 e. The molecule has 2 nitrogen and oxygen atoms in total. The largest absolute Gasteiger partial charge is 0.495 e. The van der Waals surface area contributed by atoms with E-state index < -0.39 is 17.8 Å². The van der Waals surface area contributed by atoms with Crippen molar-refractivity contribution in [1.82, 2.24) is 0 Å². The molecule has 0 fully saturated rings. The van der Waals surface area contributed by atoms with E-state index in [-0.39, 0.29) is 6.42 Å². The van der Waals surface area contributed by atoms with Gasteiger partial charge in [0.1, 0.15) is 11.9 Å². The van der Waals surface area contributed by atoms with Crippen molar-refractivity contribution in [3.8, 4) is 0 Å². The van der Waals surface area contributed by atoms with Crippen LogP contribution in [0.4, 0.5) is 13.2 Å². The molecule has 0 spiro atoms. The van der Waals surface area contributed by atoms with E-state index in [0.717, 1.165) is 18.6 Å². The van der Waals surface area contributed by atoms with E-state index in [1.807, 2.05) is 0 Å². The lowest BCUT2D eigenvalue weighted by Crippen LogP contribution is -2.15. The van der Waals surface area contributed by atoms with Gasteiger partial charge in [0.05, 0.1) is 12.2 Å². The molecule has 0 aromatic heterocycles. The van der Waals surface area contributed by atoms with Gasteiger partial charge in [0, 0.05) is 12.8 Å². The number of hydrogen-bond acceptors (Lipinski definition) is 2. The molecule has 0 saturated heterocycles. The zero-order valence-corrected chi connectivity index (χ0v) is 9.57. The maximum atomic E-state index is 12.5. The fourth-order valence-corrected chi connectivity index (χ4v) is 1.87. The second-order valence-corrected chi connectivity index (χ2v) is 4.16. The molecule has 1 heterocycles. The summed E-state index contributed by atoms with van der Waals surface area (Å²) in [5, 5.41) is 9.82. The van der Waals surface area contributed by atoms with Gasteiger partial charge >= 0.3 is 6.18 Å². The third-order valence-corrected chi connectivity index (χ3v) is 2.74. The molecule has 5 heteroatoms. The predicted octanol–water partition coefficient (Wildman–Crippen LogP) is 2.91. The van der Waals surface area contributed by atoms with E-state index in [1.165, 1.54) is 6.07 Å². The monoisotopic (exact) mass is 258 g/mol. The molecule has 98 valence electrons. The van der Waals surface area contributed by atoms with E-state index in [1.54, 1.807) is 12.1 Å². The van der Waals surface area contributed by atoms with Crippen LogP contribution in [0.5, 0.6) is 0 Å². The average Bonchev–Trinajstić information content (AvgIpc) is 2.81. The summed E-state index contributed by atoms with van der Waals surface area (Å²) in [7, 11) is 0. The zero-order valence-electron chi connectivity index (χ0n) is 9.57. The predicted molar refractivity (Wildman–Crippen MR) is 59.8 cm³/mol. The van der Waals surface area contributed by atoms with E-state index >= 15 is 0 Å². The molecular weight excluding hydrogens is 245 g/mol. The lowest BCUT2D eigenvalue weighted by Gasteiger charge is -2.13. The highest BCUT2D eigenvalue weighted by Crippen LogP contribution is 2.30. The SMILES string of the molecule is OC(Cc1cccc(C(F)(F)F)c1)C1=CCCO1. The summed E-state index contributed by atoms with van der Waals surface area (Å²) in [4.78, 5) is 0. The summed E-state index contributed by atoms with van der Waals surface area (Å²) in [6, 6.07) is 4.97. The van der Waals surface area contributed by atoms with Crippen molar-refractivity contribution in [2.45, 2.75) is 25.1 Å². The number of rotatable bonds is 3. The normalized spacial score (nSPS) is 17.2. The molecule has 1 aromatic carbocycles. The Bertz CT molecular complexity index is 452. The molecule has 18 heavy (non-hydrogen) atoms. The van der Waals surface area contributed by atoms with Crippen LogP contribution >= 0.6 is 0 Å². The molecule has 1 N–H and O–H groups in total. The molecule has 1 aliphatic rings. The maximum absolute atomic E-state index is 12.5. The van der Waals surface area contributed by atoms with Gasteiger partial charge in [-0.1, -0.05) is 18.2 Å². The first-order valence-electron chi connectivity index (χ1n) is 5.64. The van der Waals surface area contributed by atoms with Gasteiger partial charge in [0.25, 0.3) is 0 Å². The summed E-state index contributed by atoms with van der Waals surface area (Å²) in [6.07, 6.45) is -2.62. The molecule has 1 aromatic rings. The van der Waals surface area contributed by atoms with Crippen LogP contribution in [-0.4, -0.2) is 17.8 Å². The van der Waals surface area contributed by atoms with E-state index in [0.29, 0.717) is 17.9 Å². The van der Waals surface area contributed by atoms with Crippen LogP contribution in [0.2, 0.25) is 0 Å². The molecule has 0 aliphatic carbocycles. The second kappa shape index (κ2) is 5.02. The van der Waals surface area contributed by atoms with Crippen molar-refractivity contribution < 1.29 is 23.0 Å². The first-order chi connectivity index (χ1) is 8.47. The first kappa shape index (κ1) is 13.0. The van der Waals surface area contributed by atoms with Crippen molar-refractivity contribution in [3.63, 3.8) is 0 Å². The van der Waals surface area contributed by atoms with Crippen LogP contribution in [-0.2, 0) is 17.3 Å². The number of hydrogen-bond donors (Lipinski definition) is 1. The lowest BCUT2D eigenvalue weighted by molar-refractivity contribution is -0.137. The van der Waals surface area contributed by atoms with Gasteiger partial charge in [-0.3, -0.25) is 0 Å². The Labute approximate surface area is 103 Å². The highest BCUT2D eigenvalue weighted by molar-refractivity contribution is 5.27. The molecule has 1 aliphatic heterocycles. The van der Waals surface area contributed by atoms with Crippen LogP contribution < -0.4 is 0 Å². The van der Waals surface area contributed by atoms with E-state index in [4.69, 9.17) is 4.74 Å². The lowest BCUT2D eigenvalue weighted by atomic mass is 10.0. The second-order valence-electron chi connectivity index (χ2n) is 4.16. The van der Waals surface area contributed by atoms with Crippen molar-refractivity contribution in [1.29, 1.82) is 0 Å². The topological polar surface area (TPSA) is 29.5 Å². The Balaban J connectivity index is 2.09. The molecule has 0 bridgehead atoms. The number of benzene rings is 1. The summed E-state index contributed by atoms with van der Waals surface area (Å²) < 4.78 is 42.7. The Morgan fingerprint density at radius 2 is 2.11 bits per heavy atom. The summed E-state index contributed by atoms with van der Waals surface area (Å²) >= 11 is 0. The molecule has 0 radical (unpaired) electrons. The van der Waals surface area contributed by atoms with Gasteiger partial charge in [-0.2, -0.15) is 13.2 Å². The molecule has 1 atom stereocenters. The quantitative estimate of drug-likeness (QED) is 0.903. The third kappa shape index (κ3) is 3.04. The minimum absolute atomic E-state index is 0.121. The van der Waals surface area contributed by atoms with Crippen LogP contribution in [0.1, 0.15) is 17.5 Å². The van der Waals surface area contributed by atoms with Crippen molar-refractivity contribution in [2.75, 3.05) is 6.61 Å². The van der Waals surface area contributed by atoms with Gasteiger partial charge in [-0.25, -0.2) is 0 Å². The molecule has 2 rings (SSSR count). The number of aliphatic hydroxyl groups is 1. The summed E-state index contributed by atoms with van der Waals surface area (Å²) in [6.45, 7) is 0.523. The van der Waals surface area contributed by atoms with Crippen LogP contribution in [0.15, 0.2) is 36.1 Å². The van der Waals surface area contributed by atoms with Crippen molar-refractivity contribution in [2.24, 2.45) is 0 Å². The van der Waals surface area contributed by atoms with Crippen molar-refractivity contribution >= 4 is 0 Å². The smallest absolute Gasteiger partial charge is 0.416 e. The Morgan fingerprint density at radius 1 is 1.33 bits per heavy atom. The van der Waals surface area contributed by atoms with Gasteiger partial charge in [-0.05, 0) is 17.7 Å². The fourth-order valence-electron chi connectivity index (χ4n) is 1.87. The highest BCUT2D eigenvalue weighted by Gasteiger charge is 2.30. The highest BCUT2D eigenvalue weighted by atomic mass is 19.4. The molecule has 0 amide bonds.